The van der Waals surface area contributed by atoms with Gasteiger partial charge in [0.25, 0.3) is 0 Å². The summed E-state index contributed by atoms with van der Waals surface area (Å²) in [6, 6.07) is 7.22. The lowest BCUT2D eigenvalue weighted by Gasteiger charge is -2.34. The first-order chi connectivity index (χ1) is 13.1. The van der Waals surface area contributed by atoms with Gasteiger partial charge in [-0.05, 0) is 55.9 Å². The van der Waals surface area contributed by atoms with E-state index in [9.17, 15) is 4.79 Å². The van der Waals surface area contributed by atoms with E-state index >= 15 is 0 Å². The van der Waals surface area contributed by atoms with Crippen LogP contribution in [0.15, 0.2) is 24.3 Å². The highest BCUT2D eigenvalue weighted by Crippen LogP contribution is 2.19. The maximum atomic E-state index is 12.4. The van der Waals surface area contributed by atoms with Crippen molar-refractivity contribution in [1.29, 1.82) is 0 Å². The molecule has 0 saturated carbocycles. The first-order valence-electron chi connectivity index (χ1n) is 9.86. The van der Waals surface area contributed by atoms with Gasteiger partial charge in [0.15, 0.2) is 0 Å². The summed E-state index contributed by atoms with van der Waals surface area (Å²) in [5, 5.41) is 3.86. The second-order valence-electron chi connectivity index (χ2n) is 7.40. The van der Waals surface area contributed by atoms with Gasteiger partial charge in [-0.1, -0.05) is 11.6 Å². The number of benzene rings is 1. The fourth-order valence-corrected chi connectivity index (χ4v) is 3.84. The van der Waals surface area contributed by atoms with Gasteiger partial charge in [0.2, 0.25) is 5.91 Å². The fraction of sp³-hybridized carbons (Fsp3) is 0.650. The highest BCUT2D eigenvalue weighted by Gasteiger charge is 2.29. The molecular formula is C20H32Cl3N3O3. The Kier molecular flexibility index (Phi) is 12.3. The van der Waals surface area contributed by atoms with Crippen LogP contribution < -0.4 is 15.8 Å². The van der Waals surface area contributed by atoms with Gasteiger partial charge >= 0.3 is 0 Å². The zero-order valence-electron chi connectivity index (χ0n) is 16.6. The van der Waals surface area contributed by atoms with E-state index in [0.29, 0.717) is 24.8 Å². The number of nitrogens with two attached hydrogens (primary N) is 1. The molecule has 2 aliphatic rings. The minimum Gasteiger partial charge on any atom is -0.492 e. The monoisotopic (exact) mass is 467 g/mol. The highest BCUT2D eigenvalue weighted by molar-refractivity contribution is 6.30. The summed E-state index contributed by atoms with van der Waals surface area (Å²) >= 11 is 5.87. The Hall–Kier alpha value is -0.760. The Bertz CT molecular complexity index is 592. The van der Waals surface area contributed by atoms with Crippen LogP contribution in [0.3, 0.4) is 0 Å². The van der Waals surface area contributed by atoms with E-state index in [-0.39, 0.29) is 42.7 Å². The van der Waals surface area contributed by atoms with Crippen LogP contribution in [-0.2, 0) is 9.53 Å². The summed E-state index contributed by atoms with van der Waals surface area (Å²) in [4.78, 5) is 14.8. The Morgan fingerprint density at radius 1 is 1.17 bits per heavy atom. The first kappa shape index (κ1) is 26.3. The van der Waals surface area contributed by atoms with Gasteiger partial charge < -0.3 is 20.5 Å². The van der Waals surface area contributed by atoms with E-state index in [0.717, 1.165) is 51.1 Å². The van der Waals surface area contributed by atoms with Crippen molar-refractivity contribution in [2.75, 3.05) is 39.5 Å². The molecule has 29 heavy (non-hydrogen) atoms. The molecule has 0 spiro atoms. The zero-order chi connectivity index (χ0) is 19.1. The molecule has 1 aromatic rings. The number of carbonyl (C=O) groups excluding carboxylic acids is 1. The van der Waals surface area contributed by atoms with E-state index in [1.807, 2.05) is 24.3 Å². The number of nitrogens with one attached hydrogen (secondary N) is 1. The van der Waals surface area contributed by atoms with Crippen molar-refractivity contribution in [3.63, 3.8) is 0 Å². The number of ether oxygens (including phenoxy) is 2. The molecule has 1 amide bonds. The summed E-state index contributed by atoms with van der Waals surface area (Å²) in [7, 11) is 0. The first-order valence-corrected chi connectivity index (χ1v) is 10.2. The molecule has 9 heteroatoms. The smallest absolute Gasteiger partial charge is 0.237 e. The van der Waals surface area contributed by atoms with Crippen LogP contribution in [0, 0.1) is 5.92 Å². The van der Waals surface area contributed by atoms with Gasteiger partial charge in [0.05, 0.1) is 6.04 Å². The van der Waals surface area contributed by atoms with Gasteiger partial charge in [-0.15, -0.1) is 24.8 Å². The second-order valence-corrected chi connectivity index (χ2v) is 7.84. The van der Waals surface area contributed by atoms with Crippen molar-refractivity contribution < 1.29 is 14.3 Å². The molecule has 2 saturated heterocycles. The number of carbonyl (C=O) groups is 1. The average Bonchev–Trinajstić information content (AvgIpc) is 2.71. The van der Waals surface area contributed by atoms with Gasteiger partial charge in [-0.25, -0.2) is 0 Å². The number of nitrogens with zero attached hydrogens (tertiary/aromatic N) is 1. The van der Waals surface area contributed by atoms with Crippen molar-refractivity contribution in [2.24, 2.45) is 11.7 Å². The maximum absolute atomic E-state index is 12.4. The molecule has 1 aromatic carbocycles. The van der Waals surface area contributed by atoms with Crippen LogP contribution >= 0.6 is 36.4 Å². The molecule has 2 heterocycles. The topological polar surface area (TPSA) is 76.8 Å². The lowest BCUT2D eigenvalue weighted by Crippen LogP contribution is -2.52. The van der Waals surface area contributed by atoms with Gasteiger partial charge in [0.1, 0.15) is 12.4 Å². The van der Waals surface area contributed by atoms with E-state index in [2.05, 4.69) is 10.2 Å². The van der Waals surface area contributed by atoms with Gasteiger partial charge in [-0.2, -0.15) is 0 Å². The molecule has 2 fully saturated rings. The minimum atomic E-state index is -0.417. The molecule has 0 radical (unpaired) electrons. The number of piperidine rings is 1. The molecule has 166 valence electrons. The largest absolute Gasteiger partial charge is 0.492 e. The summed E-state index contributed by atoms with van der Waals surface area (Å²) < 4.78 is 11.1. The second kappa shape index (κ2) is 13.5. The molecule has 2 aliphatic heterocycles. The quantitative estimate of drug-likeness (QED) is 0.643. The zero-order valence-corrected chi connectivity index (χ0v) is 18.9. The molecule has 0 aliphatic carbocycles. The van der Waals surface area contributed by atoms with Crippen LogP contribution in [0.5, 0.6) is 5.75 Å². The van der Waals surface area contributed by atoms with Crippen LogP contribution in [0.1, 0.15) is 25.7 Å². The van der Waals surface area contributed by atoms with Crippen molar-refractivity contribution >= 4 is 42.3 Å². The predicted molar refractivity (Wildman–Crippen MR) is 121 cm³/mol. The number of hydrogen-bond donors (Lipinski definition) is 2. The van der Waals surface area contributed by atoms with Crippen LogP contribution in [0.2, 0.25) is 5.02 Å². The molecular weight excluding hydrogens is 437 g/mol. The Morgan fingerprint density at radius 3 is 2.41 bits per heavy atom. The minimum absolute atomic E-state index is 0. The molecule has 0 aromatic heterocycles. The summed E-state index contributed by atoms with van der Waals surface area (Å²) in [6.45, 7) is 4.87. The molecule has 1 atom stereocenters. The molecule has 3 N–H and O–H groups in total. The number of amides is 1. The van der Waals surface area contributed by atoms with Crippen LogP contribution in [0.4, 0.5) is 0 Å². The van der Waals surface area contributed by atoms with Crippen molar-refractivity contribution in [2.45, 2.75) is 37.8 Å². The fourth-order valence-electron chi connectivity index (χ4n) is 3.71. The highest BCUT2D eigenvalue weighted by atomic mass is 35.5. The number of halogens is 3. The SMILES string of the molecule is Cl.Cl.NC(C(=O)NC1CCN(CCOc2ccc(Cl)cc2)CC1)C1CCOCC1. The average molecular weight is 469 g/mol. The number of hydrogen-bond acceptors (Lipinski definition) is 5. The molecule has 6 nitrogen and oxygen atoms in total. The van der Waals surface area contributed by atoms with E-state index < -0.39 is 6.04 Å². The lowest BCUT2D eigenvalue weighted by molar-refractivity contribution is -0.125. The third kappa shape index (κ3) is 8.48. The van der Waals surface area contributed by atoms with E-state index in [1.165, 1.54) is 0 Å². The standard InChI is InChI=1S/C20H30ClN3O3.2ClH/c21-16-1-3-18(4-2-16)27-14-11-24-9-5-17(6-10-24)23-20(25)19(22)15-7-12-26-13-8-15;;/h1-4,15,17,19H,5-14,22H2,(H,23,25);2*1H. The molecule has 3 rings (SSSR count). The Labute approximate surface area is 190 Å². The summed E-state index contributed by atoms with van der Waals surface area (Å²) in [5.41, 5.74) is 6.16. The van der Waals surface area contributed by atoms with Gasteiger partial charge in [-0.3, -0.25) is 9.69 Å². The van der Waals surface area contributed by atoms with Crippen molar-refractivity contribution in [3.8, 4) is 5.75 Å². The van der Waals surface area contributed by atoms with Crippen LogP contribution in [0.25, 0.3) is 0 Å². The summed E-state index contributed by atoms with van der Waals surface area (Å²) in [5.74, 6) is 1.07. The summed E-state index contributed by atoms with van der Waals surface area (Å²) in [6.07, 6.45) is 3.65. The lowest BCUT2D eigenvalue weighted by atomic mass is 9.91. The van der Waals surface area contributed by atoms with Crippen LogP contribution in [-0.4, -0.2) is 62.3 Å². The molecule has 1 unspecified atom stereocenters. The Morgan fingerprint density at radius 2 is 1.79 bits per heavy atom. The third-order valence-electron chi connectivity index (χ3n) is 5.50. The predicted octanol–water partition coefficient (Wildman–Crippen LogP) is 2.90. The normalized spacial score (nSPS) is 19.5. The van der Waals surface area contributed by atoms with Gasteiger partial charge in [0, 0.05) is 43.9 Å². The third-order valence-corrected chi connectivity index (χ3v) is 5.75. The van der Waals surface area contributed by atoms with Crippen molar-refractivity contribution in [3.05, 3.63) is 29.3 Å². The Balaban J connectivity index is 0.00000210. The van der Waals surface area contributed by atoms with E-state index in [4.69, 9.17) is 26.8 Å². The number of rotatable bonds is 7. The van der Waals surface area contributed by atoms with E-state index in [1.54, 1.807) is 0 Å². The van der Waals surface area contributed by atoms with Crippen molar-refractivity contribution in [1.82, 2.24) is 10.2 Å². The molecule has 0 bridgehead atoms. The maximum Gasteiger partial charge on any atom is 0.237 e. The number of likely N-dealkylation sites (tertiary alicyclic amines) is 1.